The van der Waals surface area contributed by atoms with Gasteiger partial charge >= 0.3 is 11.8 Å². The zero-order chi connectivity index (χ0) is 16.4. The van der Waals surface area contributed by atoms with Gasteiger partial charge in [0.15, 0.2) is 0 Å². The first-order valence-corrected chi connectivity index (χ1v) is 7.30. The Morgan fingerprint density at radius 2 is 1.68 bits per heavy atom. The van der Waals surface area contributed by atoms with E-state index in [2.05, 4.69) is 5.32 Å². The minimum absolute atomic E-state index is 0.349. The fraction of sp³-hybridized carbons (Fsp3) is 0.500. The first kappa shape index (κ1) is 18.1. The average Bonchev–Trinajstić information content (AvgIpc) is 2.55. The van der Waals surface area contributed by atoms with E-state index in [9.17, 15) is 9.59 Å². The highest BCUT2D eigenvalue weighted by Crippen LogP contribution is 2.15. The van der Waals surface area contributed by atoms with Gasteiger partial charge in [0.05, 0.1) is 13.2 Å². The maximum absolute atomic E-state index is 12.3. The molecule has 0 saturated heterocycles. The summed E-state index contributed by atoms with van der Waals surface area (Å²) >= 11 is 0. The summed E-state index contributed by atoms with van der Waals surface area (Å²) in [6.07, 6.45) is 0.779. The Morgan fingerprint density at radius 3 is 2.23 bits per heavy atom. The molecule has 6 heteroatoms. The number of aryl methyl sites for hydroxylation is 1. The quantitative estimate of drug-likeness (QED) is 0.735. The molecule has 0 aliphatic rings. The molecule has 1 N–H and O–H groups in total. The lowest BCUT2D eigenvalue weighted by molar-refractivity contribution is -0.144. The zero-order valence-corrected chi connectivity index (χ0v) is 13.4. The van der Waals surface area contributed by atoms with Crippen molar-refractivity contribution < 1.29 is 19.1 Å². The molecule has 0 saturated carbocycles. The van der Waals surface area contributed by atoms with Crippen molar-refractivity contribution in [2.75, 3.05) is 45.8 Å². The Balaban J connectivity index is 2.73. The second kappa shape index (κ2) is 9.92. The molecule has 0 unspecified atom stereocenters. The third kappa shape index (κ3) is 5.46. The van der Waals surface area contributed by atoms with Gasteiger partial charge in [-0.1, -0.05) is 25.1 Å². The molecular weight excluding hydrogens is 284 g/mol. The van der Waals surface area contributed by atoms with Gasteiger partial charge in [-0.05, 0) is 18.1 Å². The van der Waals surface area contributed by atoms with Crippen LogP contribution in [0.15, 0.2) is 24.3 Å². The minimum Gasteiger partial charge on any atom is -0.383 e. The van der Waals surface area contributed by atoms with Crippen LogP contribution >= 0.6 is 0 Å². The van der Waals surface area contributed by atoms with Crippen molar-refractivity contribution in [3.8, 4) is 0 Å². The molecule has 0 heterocycles. The molecule has 1 aromatic carbocycles. The Bertz CT molecular complexity index is 483. The molecule has 0 aromatic heterocycles. The van der Waals surface area contributed by atoms with E-state index in [4.69, 9.17) is 9.47 Å². The first-order valence-electron chi connectivity index (χ1n) is 7.30. The van der Waals surface area contributed by atoms with Gasteiger partial charge in [0.25, 0.3) is 0 Å². The lowest BCUT2D eigenvalue weighted by Crippen LogP contribution is -2.43. The van der Waals surface area contributed by atoms with Crippen molar-refractivity contribution in [3.05, 3.63) is 29.8 Å². The summed E-state index contributed by atoms with van der Waals surface area (Å²) < 4.78 is 9.94. The summed E-state index contributed by atoms with van der Waals surface area (Å²) in [6.45, 7) is 3.43. The van der Waals surface area contributed by atoms with Gasteiger partial charge in [-0.3, -0.25) is 9.59 Å². The molecule has 0 aliphatic heterocycles. The predicted octanol–water partition coefficient (Wildman–Crippen LogP) is 1.31. The number of methoxy groups -OCH3 is 2. The lowest BCUT2D eigenvalue weighted by Gasteiger charge is -2.21. The number of nitrogens with zero attached hydrogens (tertiary/aromatic N) is 1. The highest BCUT2D eigenvalue weighted by atomic mass is 16.5. The number of carbonyl (C=O) groups is 2. The monoisotopic (exact) mass is 308 g/mol. The molecule has 0 bridgehead atoms. The fourth-order valence-electron chi connectivity index (χ4n) is 1.99. The highest BCUT2D eigenvalue weighted by Gasteiger charge is 2.22. The van der Waals surface area contributed by atoms with Crippen LogP contribution in [0.3, 0.4) is 0 Å². The number of hydrogen-bond donors (Lipinski definition) is 1. The van der Waals surface area contributed by atoms with E-state index < -0.39 is 11.8 Å². The maximum Gasteiger partial charge on any atom is 0.313 e. The molecule has 1 rings (SSSR count). The summed E-state index contributed by atoms with van der Waals surface area (Å²) in [7, 11) is 3.10. The Morgan fingerprint density at radius 1 is 1.09 bits per heavy atom. The number of amides is 2. The smallest absolute Gasteiger partial charge is 0.313 e. The third-order valence-corrected chi connectivity index (χ3v) is 3.26. The molecule has 0 radical (unpaired) electrons. The van der Waals surface area contributed by atoms with Crippen molar-refractivity contribution in [1.82, 2.24) is 4.90 Å². The average molecular weight is 308 g/mol. The van der Waals surface area contributed by atoms with E-state index in [0.717, 1.165) is 12.0 Å². The number of anilines is 1. The molecule has 0 aliphatic carbocycles. The summed E-state index contributed by atoms with van der Waals surface area (Å²) in [4.78, 5) is 25.9. The topological polar surface area (TPSA) is 67.9 Å². The van der Waals surface area contributed by atoms with Crippen LogP contribution in [-0.4, -0.2) is 57.2 Å². The van der Waals surface area contributed by atoms with Crippen molar-refractivity contribution in [3.63, 3.8) is 0 Å². The Kier molecular flexibility index (Phi) is 8.17. The zero-order valence-electron chi connectivity index (χ0n) is 13.4. The molecule has 2 amide bonds. The molecule has 0 spiro atoms. The summed E-state index contributed by atoms with van der Waals surface area (Å²) in [6, 6.07) is 7.44. The van der Waals surface area contributed by atoms with Gasteiger partial charge in [0.1, 0.15) is 0 Å². The van der Waals surface area contributed by atoms with E-state index in [1.807, 2.05) is 25.1 Å². The number of ether oxygens (including phenoxy) is 2. The summed E-state index contributed by atoms with van der Waals surface area (Å²) in [5.74, 6) is -1.23. The van der Waals surface area contributed by atoms with Crippen LogP contribution < -0.4 is 5.32 Å². The maximum atomic E-state index is 12.3. The number of rotatable bonds is 8. The minimum atomic E-state index is -0.645. The van der Waals surface area contributed by atoms with E-state index in [0.29, 0.717) is 32.0 Å². The summed E-state index contributed by atoms with van der Waals surface area (Å²) in [5, 5.41) is 2.68. The van der Waals surface area contributed by atoms with Gasteiger partial charge in [-0.25, -0.2) is 0 Å². The molecule has 22 heavy (non-hydrogen) atoms. The Hall–Kier alpha value is -1.92. The lowest BCUT2D eigenvalue weighted by atomic mass is 10.1. The van der Waals surface area contributed by atoms with Crippen LogP contribution in [0.25, 0.3) is 0 Å². The van der Waals surface area contributed by atoms with Gasteiger partial charge < -0.3 is 19.7 Å². The SMILES string of the molecule is CCc1ccccc1NC(=O)C(=O)N(CCOC)CCOC. The van der Waals surface area contributed by atoms with Crippen molar-refractivity contribution in [1.29, 1.82) is 0 Å². The van der Waals surface area contributed by atoms with Gasteiger partial charge in [-0.2, -0.15) is 0 Å². The predicted molar refractivity (Wildman–Crippen MR) is 84.8 cm³/mol. The largest absolute Gasteiger partial charge is 0.383 e. The van der Waals surface area contributed by atoms with Gasteiger partial charge in [0, 0.05) is 33.0 Å². The summed E-state index contributed by atoms with van der Waals surface area (Å²) in [5.41, 5.74) is 1.66. The van der Waals surface area contributed by atoms with E-state index in [1.165, 1.54) is 4.90 Å². The van der Waals surface area contributed by atoms with Crippen LogP contribution in [0.2, 0.25) is 0 Å². The second-order valence-corrected chi connectivity index (χ2v) is 4.74. The Labute approximate surface area is 131 Å². The van der Waals surface area contributed by atoms with E-state index in [-0.39, 0.29) is 0 Å². The van der Waals surface area contributed by atoms with Crippen molar-refractivity contribution in [2.45, 2.75) is 13.3 Å². The van der Waals surface area contributed by atoms with Crippen molar-refractivity contribution >= 4 is 17.5 Å². The normalized spacial score (nSPS) is 10.3. The standard InChI is InChI=1S/C16H24N2O4/c1-4-13-7-5-6-8-14(13)17-15(19)16(20)18(9-11-21-2)10-12-22-3/h5-8H,4,9-12H2,1-3H3,(H,17,19). The molecule has 6 nitrogen and oxygen atoms in total. The van der Waals surface area contributed by atoms with Crippen LogP contribution in [0.5, 0.6) is 0 Å². The molecule has 1 aromatic rings. The molecular formula is C16H24N2O4. The number of para-hydroxylation sites is 1. The van der Waals surface area contributed by atoms with Crippen LogP contribution in [0.1, 0.15) is 12.5 Å². The van der Waals surface area contributed by atoms with Crippen LogP contribution in [-0.2, 0) is 25.5 Å². The first-order chi connectivity index (χ1) is 10.6. The van der Waals surface area contributed by atoms with Gasteiger partial charge in [0.2, 0.25) is 0 Å². The number of hydrogen-bond acceptors (Lipinski definition) is 4. The van der Waals surface area contributed by atoms with E-state index >= 15 is 0 Å². The highest BCUT2D eigenvalue weighted by molar-refractivity contribution is 6.39. The van der Waals surface area contributed by atoms with Crippen molar-refractivity contribution in [2.24, 2.45) is 0 Å². The van der Waals surface area contributed by atoms with Crippen LogP contribution in [0, 0.1) is 0 Å². The number of carbonyl (C=O) groups excluding carboxylic acids is 2. The molecule has 0 atom stereocenters. The number of benzene rings is 1. The third-order valence-electron chi connectivity index (χ3n) is 3.26. The van der Waals surface area contributed by atoms with Gasteiger partial charge in [-0.15, -0.1) is 0 Å². The molecule has 122 valence electrons. The molecule has 0 fully saturated rings. The fourth-order valence-corrected chi connectivity index (χ4v) is 1.99. The van der Waals surface area contributed by atoms with E-state index in [1.54, 1.807) is 20.3 Å². The second-order valence-electron chi connectivity index (χ2n) is 4.74. The number of nitrogens with one attached hydrogen (secondary N) is 1. The van der Waals surface area contributed by atoms with Crippen LogP contribution in [0.4, 0.5) is 5.69 Å².